The van der Waals surface area contributed by atoms with Crippen molar-refractivity contribution in [3.63, 3.8) is 0 Å². The second-order valence-corrected chi connectivity index (χ2v) is 3.57. The molecule has 0 aliphatic heterocycles. The highest BCUT2D eigenvalue weighted by molar-refractivity contribution is 4.58. The van der Waals surface area contributed by atoms with E-state index in [0.29, 0.717) is 6.04 Å². The summed E-state index contributed by atoms with van der Waals surface area (Å²) in [5.41, 5.74) is 5.64. The van der Waals surface area contributed by atoms with Crippen molar-refractivity contribution in [1.82, 2.24) is 5.32 Å². The topological polar surface area (TPSA) is 38.0 Å². The smallest absolute Gasteiger partial charge is 0.00104 e. The molecule has 0 aromatic carbocycles. The first kappa shape index (κ1) is 10.9. The van der Waals surface area contributed by atoms with Crippen molar-refractivity contribution in [3.05, 3.63) is 0 Å². The minimum absolute atomic E-state index is 0.372. The molecule has 0 aromatic heterocycles. The highest BCUT2D eigenvalue weighted by Gasteiger charge is 2.00. The highest BCUT2D eigenvalue weighted by atomic mass is 14.8. The van der Waals surface area contributed by atoms with Crippen molar-refractivity contribution in [3.8, 4) is 0 Å². The summed E-state index contributed by atoms with van der Waals surface area (Å²) in [7, 11) is 2.00. The lowest BCUT2D eigenvalue weighted by molar-refractivity contribution is 0.463. The Hall–Kier alpha value is -0.0800. The molecule has 0 fully saturated rings. The highest BCUT2D eigenvalue weighted by Crippen LogP contribution is 2.07. The molecule has 0 amide bonds. The van der Waals surface area contributed by atoms with Crippen molar-refractivity contribution < 1.29 is 0 Å². The minimum Gasteiger partial charge on any atom is -0.328 e. The van der Waals surface area contributed by atoms with Gasteiger partial charge in [0.25, 0.3) is 0 Å². The second-order valence-electron chi connectivity index (χ2n) is 3.57. The molecule has 0 aliphatic carbocycles. The summed E-state index contributed by atoms with van der Waals surface area (Å²) in [6.07, 6.45) is 3.72. The van der Waals surface area contributed by atoms with Crippen molar-refractivity contribution in [2.24, 2.45) is 11.7 Å². The Morgan fingerprint density at radius 3 is 2.36 bits per heavy atom. The third kappa shape index (κ3) is 7.82. The molecule has 0 aliphatic rings. The van der Waals surface area contributed by atoms with Crippen LogP contribution in [0, 0.1) is 5.92 Å². The Kier molecular flexibility index (Phi) is 6.57. The van der Waals surface area contributed by atoms with Gasteiger partial charge in [0.1, 0.15) is 0 Å². The van der Waals surface area contributed by atoms with Gasteiger partial charge in [-0.1, -0.05) is 13.3 Å². The maximum Gasteiger partial charge on any atom is 0.00104 e. The molecular weight excluding hydrogens is 136 g/mol. The number of hydrogen-bond acceptors (Lipinski definition) is 2. The normalized spacial score (nSPS) is 16.4. The molecule has 0 rings (SSSR count). The van der Waals surface area contributed by atoms with Crippen LogP contribution in [-0.2, 0) is 0 Å². The van der Waals surface area contributed by atoms with E-state index in [0.717, 1.165) is 18.9 Å². The van der Waals surface area contributed by atoms with E-state index >= 15 is 0 Å². The monoisotopic (exact) mass is 158 g/mol. The van der Waals surface area contributed by atoms with E-state index in [1.165, 1.54) is 12.8 Å². The number of rotatable bonds is 6. The molecule has 0 spiro atoms. The molecule has 0 heterocycles. The zero-order valence-electron chi connectivity index (χ0n) is 8.06. The van der Waals surface area contributed by atoms with E-state index in [1.807, 2.05) is 7.05 Å². The van der Waals surface area contributed by atoms with Crippen LogP contribution in [-0.4, -0.2) is 19.6 Å². The Balaban J connectivity index is 3.10. The van der Waals surface area contributed by atoms with Crippen LogP contribution in [0.3, 0.4) is 0 Å². The molecule has 2 unspecified atom stereocenters. The van der Waals surface area contributed by atoms with Gasteiger partial charge in [0.2, 0.25) is 0 Å². The third-order valence-electron chi connectivity index (χ3n) is 1.91. The molecule has 0 saturated heterocycles. The fourth-order valence-electron chi connectivity index (χ4n) is 1.24. The summed E-state index contributed by atoms with van der Waals surface area (Å²) in [4.78, 5) is 0. The van der Waals surface area contributed by atoms with E-state index in [1.54, 1.807) is 0 Å². The summed E-state index contributed by atoms with van der Waals surface area (Å²) in [6.45, 7) is 5.47. The maximum atomic E-state index is 5.64. The predicted octanol–water partition coefficient (Wildman–Crippen LogP) is 1.36. The molecule has 2 heteroatoms. The lowest BCUT2D eigenvalue weighted by Crippen LogP contribution is -2.18. The van der Waals surface area contributed by atoms with E-state index in [9.17, 15) is 0 Å². The van der Waals surface area contributed by atoms with Crippen LogP contribution in [0.1, 0.15) is 33.1 Å². The molecule has 0 bridgehead atoms. The van der Waals surface area contributed by atoms with Crippen LogP contribution >= 0.6 is 0 Å². The zero-order valence-corrected chi connectivity index (χ0v) is 8.06. The summed E-state index contributed by atoms with van der Waals surface area (Å²) >= 11 is 0. The number of nitrogens with two attached hydrogens (primary N) is 1. The van der Waals surface area contributed by atoms with Gasteiger partial charge in [0.15, 0.2) is 0 Å². The first-order valence-corrected chi connectivity index (χ1v) is 4.57. The molecule has 0 aromatic rings. The molecule has 11 heavy (non-hydrogen) atoms. The van der Waals surface area contributed by atoms with E-state index in [4.69, 9.17) is 5.73 Å². The van der Waals surface area contributed by atoms with Gasteiger partial charge in [-0.15, -0.1) is 0 Å². The lowest BCUT2D eigenvalue weighted by Gasteiger charge is -2.10. The molecule has 68 valence electrons. The van der Waals surface area contributed by atoms with Crippen LogP contribution in [0.25, 0.3) is 0 Å². The molecule has 0 saturated carbocycles. The van der Waals surface area contributed by atoms with Gasteiger partial charge < -0.3 is 11.1 Å². The quantitative estimate of drug-likeness (QED) is 0.612. The van der Waals surface area contributed by atoms with E-state index in [-0.39, 0.29) is 0 Å². The van der Waals surface area contributed by atoms with E-state index in [2.05, 4.69) is 19.2 Å². The summed E-state index contributed by atoms with van der Waals surface area (Å²) in [5, 5.41) is 3.17. The van der Waals surface area contributed by atoms with Gasteiger partial charge in [0.05, 0.1) is 0 Å². The second kappa shape index (κ2) is 6.62. The SMILES string of the molecule is CNCC(C)CCCC(C)N. The predicted molar refractivity (Wildman–Crippen MR) is 50.6 cm³/mol. The fourth-order valence-corrected chi connectivity index (χ4v) is 1.24. The van der Waals surface area contributed by atoms with E-state index < -0.39 is 0 Å². The number of hydrogen-bond donors (Lipinski definition) is 2. The maximum absolute atomic E-state index is 5.64. The molecular formula is C9H22N2. The first-order chi connectivity index (χ1) is 5.16. The van der Waals surface area contributed by atoms with Gasteiger partial charge in [-0.25, -0.2) is 0 Å². The van der Waals surface area contributed by atoms with Crippen molar-refractivity contribution in [2.75, 3.05) is 13.6 Å². The van der Waals surface area contributed by atoms with Crippen LogP contribution in [0.15, 0.2) is 0 Å². The Morgan fingerprint density at radius 1 is 1.27 bits per heavy atom. The van der Waals surface area contributed by atoms with Gasteiger partial charge in [-0.3, -0.25) is 0 Å². The average Bonchev–Trinajstić information content (AvgIpc) is 1.87. The van der Waals surface area contributed by atoms with Gasteiger partial charge in [-0.05, 0) is 39.3 Å². The molecule has 0 radical (unpaired) electrons. The van der Waals surface area contributed by atoms with Gasteiger partial charge in [-0.2, -0.15) is 0 Å². The van der Waals surface area contributed by atoms with Crippen LogP contribution in [0.4, 0.5) is 0 Å². The van der Waals surface area contributed by atoms with Crippen molar-refractivity contribution in [2.45, 2.75) is 39.2 Å². The average molecular weight is 158 g/mol. The summed E-state index contributed by atoms with van der Waals surface area (Å²) < 4.78 is 0. The van der Waals surface area contributed by atoms with Crippen LogP contribution < -0.4 is 11.1 Å². The molecule has 3 N–H and O–H groups in total. The summed E-state index contributed by atoms with van der Waals surface area (Å²) in [6, 6.07) is 0.372. The Morgan fingerprint density at radius 2 is 1.91 bits per heavy atom. The van der Waals surface area contributed by atoms with Crippen LogP contribution in [0.5, 0.6) is 0 Å². The Bertz CT molecular complexity index is 81.6. The summed E-state index contributed by atoms with van der Waals surface area (Å²) in [5.74, 6) is 0.791. The molecule has 2 atom stereocenters. The Labute approximate surface area is 70.5 Å². The van der Waals surface area contributed by atoms with Crippen molar-refractivity contribution in [1.29, 1.82) is 0 Å². The minimum atomic E-state index is 0.372. The van der Waals surface area contributed by atoms with Crippen LogP contribution in [0.2, 0.25) is 0 Å². The van der Waals surface area contributed by atoms with Gasteiger partial charge in [0, 0.05) is 6.04 Å². The van der Waals surface area contributed by atoms with Gasteiger partial charge >= 0.3 is 0 Å². The number of nitrogens with one attached hydrogen (secondary N) is 1. The molecule has 2 nitrogen and oxygen atoms in total. The first-order valence-electron chi connectivity index (χ1n) is 4.57. The standard InChI is InChI=1S/C9H22N2/c1-8(7-11-3)5-4-6-9(2)10/h8-9,11H,4-7,10H2,1-3H3. The fraction of sp³-hybridized carbons (Fsp3) is 1.00. The third-order valence-corrected chi connectivity index (χ3v) is 1.91. The largest absolute Gasteiger partial charge is 0.328 e. The van der Waals surface area contributed by atoms with Crippen molar-refractivity contribution >= 4 is 0 Å². The zero-order chi connectivity index (χ0) is 8.69. The lowest BCUT2D eigenvalue weighted by atomic mass is 10.0.